The summed E-state index contributed by atoms with van der Waals surface area (Å²) < 4.78 is 5.33. The van der Waals surface area contributed by atoms with Gasteiger partial charge in [0.25, 0.3) is 0 Å². The molecule has 0 fully saturated rings. The van der Waals surface area contributed by atoms with Crippen molar-refractivity contribution in [3.63, 3.8) is 0 Å². The van der Waals surface area contributed by atoms with Crippen LogP contribution in [0.5, 0.6) is 5.75 Å². The summed E-state index contributed by atoms with van der Waals surface area (Å²) in [4.78, 5) is 10.5. The molecule has 0 aliphatic rings. The highest BCUT2D eigenvalue weighted by atomic mass is 35.5. The quantitative estimate of drug-likeness (QED) is 0.427. The van der Waals surface area contributed by atoms with Gasteiger partial charge in [0.1, 0.15) is 12.4 Å². The normalized spacial score (nSPS) is 8.68. The molecular formula is C16H23ClO2. The van der Waals surface area contributed by atoms with Gasteiger partial charge in [-0.3, -0.25) is 4.79 Å². The Hall–Kier alpha value is -1.54. The predicted molar refractivity (Wildman–Crippen MR) is 84.7 cm³/mol. The molecule has 0 saturated heterocycles. The lowest BCUT2D eigenvalue weighted by atomic mass is 10.2. The van der Waals surface area contributed by atoms with Crippen molar-refractivity contribution >= 4 is 22.9 Å². The Balaban J connectivity index is 0. The monoisotopic (exact) mass is 282 g/mol. The fourth-order valence-electron chi connectivity index (χ4n) is 1.02. The van der Waals surface area contributed by atoms with Crippen LogP contribution in [0.1, 0.15) is 33.3 Å². The molecule has 19 heavy (non-hydrogen) atoms. The number of hydrogen-bond acceptors (Lipinski definition) is 2. The Morgan fingerprint density at radius 1 is 1.32 bits per heavy atom. The summed E-state index contributed by atoms with van der Waals surface area (Å²) in [6, 6.07) is 7.36. The second-order valence-corrected chi connectivity index (χ2v) is 3.18. The molecule has 1 aromatic carbocycles. The van der Waals surface area contributed by atoms with E-state index < -0.39 is 5.24 Å². The Bertz CT molecular complexity index is 384. The maximum atomic E-state index is 10.5. The van der Waals surface area contributed by atoms with E-state index in [2.05, 4.69) is 6.58 Å². The molecule has 0 amide bonds. The van der Waals surface area contributed by atoms with Crippen LogP contribution in [0.15, 0.2) is 43.0 Å². The summed E-state index contributed by atoms with van der Waals surface area (Å²) in [5.41, 5.74) is 0.866. The zero-order valence-corrected chi connectivity index (χ0v) is 12.9. The highest BCUT2D eigenvalue weighted by Crippen LogP contribution is 2.14. The first-order valence-electron chi connectivity index (χ1n) is 6.43. The first-order valence-corrected chi connectivity index (χ1v) is 6.81. The summed E-state index contributed by atoms with van der Waals surface area (Å²) in [5.74, 6) is 0.735. The zero-order chi connectivity index (χ0) is 15.1. The highest BCUT2D eigenvalue weighted by molar-refractivity contribution is 6.66. The zero-order valence-electron chi connectivity index (χ0n) is 12.2. The van der Waals surface area contributed by atoms with Crippen molar-refractivity contribution in [3.8, 4) is 5.75 Å². The van der Waals surface area contributed by atoms with Crippen LogP contribution in [-0.2, 0) is 4.79 Å². The highest BCUT2D eigenvalue weighted by Gasteiger charge is 1.93. The fourth-order valence-corrected chi connectivity index (χ4v) is 1.09. The van der Waals surface area contributed by atoms with Gasteiger partial charge in [-0.25, -0.2) is 0 Å². The molecule has 0 heterocycles. The third-order valence-electron chi connectivity index (χ3n) is 1.63. The van der Waals surface area contributed by atoms with Crippen LogP contribution in [0.2, 0.25) is 0 Å². The van der Waals surface area contributed by atoms with E-state index in [-0.39, 0.29) is 0 Å². The van der Waals surface area contributed by atoms with Gasteiger partial charge in [-0.05, 0) is 35.4 Å². The van der Waals surface area contributed by atoms with Gasteiger partial charge in [0.05, 0.1) is 0 Å². The van der Waals surface area contributed by atoms with Crippen LogP contribution in [0.3, 0.4) is 0 Å². The van der Waals surface area contributed by atoms with Crippen LogP contribution in [0.25, 0.3) is 6.08 Å². The summed E-state index contributed by atoms with van der Waals surface area (Å²) in [6.45, 7) is 12.0. The van der Waals surface area contributed by atoms with Gasteiger partial charge in [0.2, 0.25) is 5.24 Å². The minimum Gasteiger partial charge on any atom is -0.490 e. The summed E-state index contributed by atoms with van der Waals surface area (Å²) in [5, 5.41) is -0.493. The lowest BCUT2D eigenvalue weighted by Gasteiger charge is -2.03. The number of hydrogen-bond donors (Lipinski definition) is 0. The van der Waals surface area contributed by atoms with Crippen molar-refractivity contribution in [2.45, 2.75) is 27.7 Å². The standard InChI is InChI=1S/C12H11ClO2.2C2H6/c1-2-8-15-11-5-3-4-10(9-11)6-7-12(13)14;2*1-2/h2-7,9H,1,8H2;2*1-2H3/b7-6+;;. The average Bonchev–Trinajstić information content (AvgIpc) is 2.47. The van der Waals surface area contributed by atoms with Crippen LogP contribution in [0, 0.1) is 0 Å². The number of carbonyl (C=O) groups is 1. The molecule has 0 aromatic heterocycles. The van der Waals surface area contributed by atoms with Crippen molar-refractivity contribution in [1.29, 1.82) is 0 Å². The Morgan fingerprint density at radius 2 is 1.95 bits per heavy atom. The Morgan fingerprint density at radius 3 is 2.47 bits per heavy atom. The van der Waals surface area contributed by atoms with Crippen LogP contribution in [-0.4, -0.2) is 11.8 Å². The van der Waals surface area contributed by atoms with Gasteiger partial charge in [-0.2, -0.15) is 0 Å². The summed E-state index contributed by atoms with van der Waals surface area (Å²) in [7, 11) is 0. The molecule has 0 bridgehead atoms. The molecule has 0 aliphatic heterocycles. The van der Waals surface area contributed by atoms with Crippen molar-refractivity contribution in [3.05, 3.63) is 48.6 Å². The summed E-state index contributed by atoms with van der Waals surface area (Å²) in [6.07, 6.45) is 4.61. The smallest absolute Gasteiger partial charge is 0.245 e. The molecule has 3 heteroatoms. The number of ether oxygens (including phenoxy) is 1. The number of allylic oxidation sites excluding steroid dienone is 1. The van der Waals surface area contributed by atoms with E-state index >= 15 is 0 Å². The predicted octanol–water partition coefficient (Wildman–Crippen LogP) is 5.08. The van der Waals surface area contributed by atoms with Gasteiger partial charge >= 0.3 is 0 Å². The second-order valence-electron chi connectivity index (χ2n) is 2.81. The van der Waals surface area contributed by atoms with E-state index in [4.69, 9.17) is 16.3 Å². The van der Waals surface area contributed by atoms with Crippen molar-refractivity contribution in [1.82, 2.24) is 0 Å². The van der Waals surface area contributed by atoms with Gasteiger partial charge in [-0.15, -0.1) is 0 Å². The van der Waals surface area contributed by atoms with Crippen molar-refractivity contribution in [2.24, 2.45) is 0 Å². The fraction of sp³-hybridized carbons (Fsp3) is 0.312. The topological polar surface area (TPSA) is 26.3 Å². The van der Waals surface area contributed by atoms with Crippen molar-refractivity contribution in [2.75, 3.05) is 6.61 Å². The van der Waals surface area contributed by atoms with Gasteiger partial charge < -0.3 is 4.74 Å². The van der Waals surface area contributed by atoms with Gasteiger partial charge in [-0.1, -0.05) is 58.6 Å². The van der Waals surface area contributed by atoms with Crippen LogP contribution >= 0.6 is 11.6 Å². The maximum absolute atomic E-state index is 10.5. The molecule has 106 valence electrons. The second kappa shape index (κ2) is 14.5. The van der Waals surface area contributed by atoms with E-state index in [1.54, 1.807) is 12.2 Å². The minimum atomic E-state index is -0.493. The molecule has 0 N–H and O–H groups in total. The van der Waals surface area contributed by atoms with Gasteiger partial charge in [0.15, 0.2) is 0 Å². The minimum absolute atomic E-state index is 0.460. The number of benzene rings is 1. The third-order valence-corrected chi connectivity index (χ3v) is 1.76. The van der Waals surface area contributed by atoms with Gasteiger partial charge in [0, 0.05) is 0 Å². The van der Waals surface area contributed by atoms with E-state index in [9.17, 15) is 4.79 Å². The third kappa shape index (κ3) is 11.3. The lowest BCUT2D eigenvalue weighted by molar-refractivity contribution is -0.107. The van der Waals surface area contributed by atoms with E-state index in [1.807, 2.05) is 52.0 Å². The number of carbonyl (C=O) groups excluding carboxylic acids is 1. The molecular weight excluding hydrogens is 260 g/mol. The molecule has 0 radical (unpaired) electrons. The van der Waals surface area contributed by atoms with Crippen LogP contribution < -0.4 is 4.74 Å². The Labute approximate surface area is 121 Å². The molecule has 0 saturated carbocycles. The lowest BCUT2D eigenvalue weighted by Crippen LogP contribution is -1.92. The summed E-state index contributed by atoms with van der Waals surface area (Å²) >= 11 is 5.18. The van der Waals surface area contributed by atoms with E-state index in [0.29, 0.717) is 6.61 Å². The van der Waals surface area contributed by atoms with E-state index in [0.717, 1.165) is 11.3 Å². The van der Waals surface area contributed by atoms with Crippen molar-refractivity contribution < 1.29 is 9.53 Å². The number of halogens is 1. The van der Waals surface area contributed by atoms with E-state index in [1.165, 1.54) is 6.08 Å². The molecule has 0 atom stereocenters. The average molecular weight is 283 g/mol. The van der Waals surface area contributed by atoms with Crippen LogP contribution in [0.4, 0.5) is 0 Å². The first kappa shape index (κ1) is 19.8. The maximum Gasteiger partial charge on any atom is 0.245 e. The molecule has 1 aromatic rings. The first-order chi connectivity index (χ1) is 9.22. The Kier molecular flexibility index (Phi) is 15.1. The molecule has 1 rings (SSSR count). The SMILES string of the molecule is C=CCOc1cccc(/C=C/C(=O)Cl)c1.CC.CC. The molecule has 0 unspecified atom stereocenters. The molecule has 2 nitrogen and oxygen atoms in total. The largest absolute Gasteiger partial charge is 0.490 e. The molecule has 0 aliphatic carbocycles. The number of rotatable bonds is 5. The molecule has 0 spiro atoms.